The standard InChI is InChI=1S/C17H17N3O2/c1-13-6-2-3-8-16(13)22-11-9-18-17(21)14-12-19-20-10-5-4-7-15(14)20/h2-8,10,12H,9,11H2,1H3,(H,18,21). The van der Waals surface area contributed by atoms with Crippen molar-refractivity contribution in [3.63, 3.8) is 0 Å². The Labute approximate surface area is 128 Å². The SMILES string of the molecule is Cc1ccccc1OCCNC(=O)c1cnn2ccccc12. The number of nitrogens with zero attached hydrogens (tertiary/aromatic N) is 2. The van der Waals surface area contributed by atoms with Gasteiger partial charge in [0.1, 0.15) is 12.4 Å². The van der Waals surface area contributed by atoms with Gasteiger partial charge in [0.2, 0.25) is 0 Å². The van der Waals surface area contributed by atoms with E-state index in [-0.39, 0.29) is 5.91 Å². The molecule has 0 bridgehead atoms. The van der Waals surface area contributed by atoms with Gasteiger partial charge in [0.25, 0.3) is 5.91 Å². The molecule has 0 saturated heterocycles. The monoisotopic (exact) mass is 295 g/mol. The van der Waals surface area contributed by atoms with Crippen molar-refractivity contribution in [2.45, 2.75) is 6.92 Å². The van der Waals surface area contributed by atoms with Gasteiger partial charge in [-0.05, 0) is 30.7 Å². The number of ether oxygens (including phenoxy) is 1. The second kappa shape index (κ2) is 6.30. The topological polar surface area (TPSA) is 55.6 Å². The fourth-order valence-electron chi connectivity index (χ4n) is 2.25. The largest absolute Gasteiger partial charge is 0.491 e. The van der Waals surface area contributed by atoms with Crippen molar-refractivity contribution in [1.82, 2.24) is 14.9 Å². The van der Waals surface area contributed by atoms with Crippen LogP contribution < -0.4 is 10.1 Å². The maximum absolute atomic E-state index is 12.2. The zero-order chi connectivity index (χ0) is 15.4. The second-order valence-electron chi connectivity index (χ2n) is 4.96. The number of para-hydroxylation sites is 1. The molecular weight excluding hydrogens is 278 g/mol. The third kappa shape index (κ3) is 2.93. The first-order valence-corrected chi connectivity index (χ1v) is 7.15. The van der Waals surface area contributed by atoms with Gasteiger partial charge in [-0.15, -0.1) is 0 Å². The molecule has 0 atom stereocenters. The molecule has 0 aliphatic rings. The van der Waals surface area contributed by atoms with Crippen molar-refractivity contribution in [1.29, 1.82) is 0 Å². The molecule has 0 unspecified atom stereocenters. The Bertz CT molecular complexity index is 795. The average Bonchev–Trinajstić information content (AvgIpc) is 2.97. The van der Waals surface area contributed by atoms with Gasteiger partial charge in [-0.2, -0.15) is 5.10 Å². The van der Waals surface area contributed by atoms with Crippen LogP contribution in [0.5, 0.6) is 5.75 Å². The number of pyridine rings is 1. The van der Waals surface area contributed by atoms with Crippen LogP contribution in [0.25, 0.3) is 5.52 Å². The van der Waals surface area contributed by atoms with Crippen LogP contribution in [0.2, 0.25) is 0 Å². The molecule has 1 aromatic carbocycles. The molecule has 2 heterocycles. The van der Waals surface area contributed by atoms with Gasteiger partial charge in [-0.25, -0.2) is 4.52 Å². The second-order valence-corrected chi connectivity index (χ2v) is 4.96. The van der Waals surface area contributed by atoms with E-state index in [0.717, 1.165) is 16.8 Å². The first kappa shape index (κ1) is 14.1. The van der Waals surface area contributed by atoms with Crippen LogP contribution in [0.3, 0.4) is 0 Å². The zero-order valence-corrected chi connectivity index (χ0v) is 12.3. The quantitative estimate of drug-likeness (QED) is 0.736. The Hall–Kier alpha value is -2.82. The highest BCUT2D eigenvalue weighted by Crippen LogP contribution is 2.15. The van der Waals surface area contributed by atoms with Crippen molar-refractivity contribution in [2.75, 3.05) is 13.2 Å². The Morgan fingerprint density at radius 1 is 1.23 bits per heavy atom. The van der Waals surface area contributed by atoms with E-state index >= 15 is 0 Å². The summed E-state index contributed by atoms with van der Waals surface area (Å²) in [5, 5.41) is 7.00. The van der Waals surface area contributed by atoms with Gasteiger partial charge < -0.3 is 10.1 Å². The van der Waals surface area contributed by atoms with Crippen molar-refractivity contribution in [2.24, 2.45) is 0 Å². The van der Waals surface area contributed by atoms with Gasteiger partial charge in [-0.1, -0.05) is 24.3 Å². The number of hydrogen-bond acceptors (Lipinski definition) is 3. The van der Waals surface area contributed by atoms with Crippen LogP contribution in [0.1, 0.15) is 15.9 Å². The molecule has 1 N–H and O–H groups in total. The molecule has 0 aliphatic heterocycles. The summed E-state index contributed by atoms with van der Waals surface area (Å²) in [7, 11) is 0. The van der Waals surface area contributed by atoms with Crippen LogP contribution in [-0.4, -0.2) is 28.7 Å². The van der Waals surface area contributed by atoms with Gasteiger partial charge in [0.15, 0.2) is 0 Å². The molecule has 5 nitrogen and oxygen atoms in total. The zero-order valence-electron chi connectivity index (χ0n) is 12.3. The molecule has 3 rings (SSSR count). The molecule has 2 aromatic heterocycles. The van der Waals surface area contributed by atoms with E-state index in [0.29, 0.717) is 18.7 Å². The molecular formula is C17H17N3O2. The van der Waals surface area contributed by atoms with E-state index in [9.17, 15) is 4.79 Å². The van der Waals surface area contributed by atoms with Crippen LogP contribution in [-0.2, 0) is 0 Å². The third-order valence-corrected chi connectivity index (χ3v) is 3.41. The predicted molar refractivity (Wildman–Crippen MR) is 84.2 cm³/mol. The number of amides is 1. The molecule has 112 valence electrons. The highest BCUT2D eigenvalue weighted by atomic mass is 16.5. The van der Waals surface area contributed by atoms with E-state index < -0.39 is 0 Å². The van der Waals surface area contributed by atoms with E-state index in [2.05, 4.69) is 10.4 Å². The highest BCUT2D eigenvalue weighted by Gasteiger charge is 2.11. The lowest BCUT2D eigenvalue weighted by molar-refractivity contribution is 0.0948. The Kier molecular flexibility index (Phi) is 4.05. The summed E-state index contributed by atoms with van der Waals surface area (Å²) in [6, 6.07) is 13.4. The summed E-state index contributed by atoms with van der Waals surface area (Å²) in [4.78, 5) is 12.2. The van der Waals surface area contributed by atoms with Crippen LogP contribution >= 0.6 is 0 Å². The van der Waals surface area contributed by atoms with Gasteiger partial charge in [0, 0.05) is 6.20 Å². The van der Waals surface area contributed by atoms with E-state index in [1.165, 1.54) is 0 Å². The van der Waals surface area contributed by atoms with Crippen molar-refractivity contribution in [3.8, 4) is 5.75 Å². The van der Waals surface area contributed by atoms with Gasteiger partial charge in [-0.3, -0.25) is 4.79 Å². The van der Waals surface area contributed by atoms with Crippen molar-refractivity contribution in [3.05, 3.63) is 66.0 Å². The first-order valence-electron chi connectivity index (χ1n) is 7.15. The number of rotatable bonds is 5. The number of aryl methyl sites for hydroxylation is 1. The Morgan fingerprint density at radius 3 is 2.91 bits per heavy atom. The maximum atomic E-state index is 12.2. The summed E-state index contributed by atoms with van der Waals surface area (Å²) in [6.45, 7) is 2.86. The van der Waals surface area contributed by atoms with Gasteiger partial charge >= 0.3 is 0 Å². The van der Waals surface area contributed by atoms with Crippen LogP contribution in [0.15, 0.2) is 54.9 Å². The normalized spacial score (nSPS) is 10.6. The number of carbonyl (C=O) groups is 1. The van der Waals surface area contributed by atoms with E-state index in [1.54, 1.807) is 10.7 Å². The van der Waals surface area contributed by atoms with Crippen molar-refractivity contribution >= 4 is 11.4 Å². The minimum atomic E-state index is -0.144. The number of benzene rings is 1. The van der Waals surface area contributed by atoms with Crippen LogP contribution in [0.4, 0.5) is 0 Å². The summed E-state index contributed by atoms with van der Waals surface area (Å²) >= 11 is 0. The number of nitrogens with one attached hydrogen (secondary N) is 1. The lowest BCUT2D eigenvalue weighted by Crippen LogP contribution is -2.28. The summed E-state index contributed by atoms with van der Waals surface area (Å²) in [5.74, 6) is 0.697. The average molecular weight is 295 g/mol. The lowest BCUT2D eigenvalue weighted by Gasteiger charge is -2.09. The highest BCUT2D eigenvalue weighted by molar-refractivity contribution is 6.00. The first-order chi connectivity index (χ1) is 10.8. The lowest BCUT2D eigenvalue weighted by atomic mass is 10.2. The Balaban J connectivity index is 1.56. The molecule has 3 aromatic rings. The fourth-order valence-corrected chi connectivity index (χ4v) is 2.25. The van der Waals surface area contributed by atoms with Crippen LogP contribution in [0, 0.1) is 6.92 Å². The molecule has 1 amide bonds. The summed E-state index contributed by atoms with van der Waals surface area (Å²) in [6.07, 6.45) is 3.39. The summed E-state index contributed by atoms with van der Waals surface area (Å²) in [5.41, 5.74) is 2.44. The molecule has 0 aliphatic carbocycles. The summed E-state index contributed by atoms with van der Waals surface area (Å²) < 4.78 is 7.34. The molecule has 0 radical (unpaired) electrons. The third-order valence-electron chi connectivity index (χ3n) is 3.41. The number of fused-ring (bicyclic) bond motifs is 1. The van der Waals surface area contributed by atoms with E-state index in [1.807, 2.05) is 55.6 Å². The smallest absolute Gasteiger partial charge is 0.255 e. The van der Waals surface area contributed by atoms with Crippen molar-refractivity contribution < 1.29 is 9.53 Å². The molecule has 0 spiro atoms. The van der Waals surface area contributed by atoms with E-state index in [4.69, 9.17) is 4.74 Å². The molecule has 5 heteroatoms. The minimum absolute atomic E-state index is 0.144. The molecule has 22 heavy (non-hydrogen) atoms. The number of aromatic nitrogens is 2. The Morgan fingerprint density at radius 2 is 2.05 bits per heavy atom. The predicted octanol–water partition coefficient (Wildman–Crippen LogP) is 2.45. The number of hydrogen-bond donors (Lipinski definition) is 1. The minimum Gasteiger partial charge on any atom is -0.491 e. The van der Waals surface area contributed by atoms with Gasteiger partial charge in [0.05, 0.1) is 23.8 Å². The maximum Gasteiger partial charge on any atom is 0.255 e. The fraction of sp³-hybridized carbons (Fsp3) is 0.176. The molecule has 0 saturated carbocycles. The number of carbonyl (C=O) groups excluding carboxylic acids is 1. The molecule has 0 fully saturated rings.